The molecule has 0 heterocycles. The predicted molar refractivity (Wildman–Crippen MR) is 72.7 cm³/mol. The molecule has 0 fully saturated rings. The molecule has 0 aromatic heterocycles. The fraction of sp³-hybridized carbons (Fsp3) is 0.308. The summed E-state index contributed by atoms with van der Waals surface area (Å²) in [5, 5.41) is 0.588. The number of hydrogen-bond acceptors (Lipinski definition) is 4. The van der Waals surface area contributed by atoms with E-state index in [2.05, 4.69) is 15.6 Å². The van der Waals surface area contributed by atoms with Crippen molar-refractivity contribution in [1.82, 2.24) is 10.9 Å². The monoisotopic (exact) mass is 298 g/mol. The summed E-state index contributed by atoms with van der Waals surface area (Å²) < 4.78 is 4.40. The molecule has 1 aromatic rings. The topological polar surface area (TPSA) is 84.5 Å². The normalized spacial score (nSPS) is 9.70. The van der Waals surface area contributed by atoms with Gasteiger partial charge in [-0.15, -0.1) is 0 Å². The minimum Gasteiger partial charge on any atom is -0.469 e. The lowest BCUT2D eigenvalue weighted by Gasteiger charge is -2.07. The number of hydrogen-bond donors (Lipinski definition) is 2. The van der Waals surface area contributed by atoms with E-state index in [1.165, 1.54) is 7.11 Å². The van der Waals surface area contributed by atoms with Crippen molar-refractivity contribution in [2.24, 2.45) is 0 Å². The molecule has 2 N–H and O–H groups in total. The number of rotatable bonds is 5. The number of benzene rings is 1. The van der Waals surface area contributed by atoms with Crippen LogP contribution in [-0.2, 0) is 25.5 Å². The van der Waals surface area contributed by atoms with Crippen LogP contribution in [0.25, 0.3) is 0 Å². The third kappa shape index (κ3) is 6.19. The van der Waals surface area contributed by atoms with E-state index in [9.17, 15) is 14.4 Å². The zero-order valence-corrected chi connectivity index (χ0v) is 11.7. The van der Waals surface area contributed by atoms with Gasteiger partial charge in [-0.1, -0.05) is 23.7 Å². The summed E-state index contributed by atoms with van der Waals surface area (Å²) in [6, 6.07) is 6.81. The number of ether oxygens (including phenoxy) is 1. The lowest BCUT2D eigenvalue weighted by Crippen LogP contribution is -2.42. The van der Waals surface area contributed by atoms with Crippen molar-refractivity contribution < 1.29 is 19.1 Å². The molecule has 0 radical (unpaired) electrons. The number of carbonyl (C=O) groups excluding carboxylic acids is 3. The van der Waals surface area contributed by atoms with E-state index in [4.69, 9.17) is 11.6 Å². The Morgan fingerprint density at radius 2 is 1.65 bits per heavy atom. The summed E-state index contributed by atoms with van der Waals surface area (Å²) in [5.74, 6) is -1.30. The van der Waals surface area contributed by atoms with Gasteiger partial charge in [0.15, 0.2) is 0 Å². The molecule has 108 valence electrons. The fourth-order valence-corrected chi connectivity index (χ4v) is 1.48. The Balaban J connectivity index is 2.27. The smallest absolute Gasteiger partial charge is 0.306 e. The maximum Gasteiger partial charge on any atom is 0.306 e. The highest BCUT2D eigenvalue weighted by Crippen LogP contribution is 2.09. The Labute approximate surface area is 121 Å². The van der Waals surface area contributed by atoms with Gasteiger partial charge >= 0.3 is 5.97 Å². The van der Waals surface area contributed by atoms with Crippen LogP contribution < -0.4 is 10.9 Å². The number of carbonyl (C=O) groups is 3. The predicted octanol–water partition coefficient (Wildman–Crippen LogP) is 0.983. The Morgan fingerprint density at radius 3 is 2.25 bits per heavy atom. The van der Waals surface area contributed by atoms with Crippen LogP contribution in [0.2, 0.25) is 5.02 Å². The van der Waals surface area contributed by atoms with E-state index in [-0.39, 0.29) is 25.2 Å². The van der Waals surface area contributed by atoms with Crippen LogP contribution >= 0.6 is 11.6 Å². The van der Waals surface area contributed by atoms with E-state index >= 15 is 0 Å². The molecule has 0 aliphatic rings. The van der Waals surface area contributed by atoms with Gasteiger partial charge in [0.25, 0.3) is 0 Å². The number of amides is 2. The number of hydrazine groups is 1. The van der Waals surface area contributed by atoms with Gasteiger partial charge in [0.1, 0.15) is 0 Å². The molecular weight excluding hydrogens is 284 g/mol. The quantitative estimate of drug-likeness (QED) is 0.627. The maximum atomic E-state index is 11.5. The van der Waals surface area contributed by atoms with Gasteiger partial charge in [-0.05, 0) is 17.7 Å². The molecule has 0 unspecified atom stereocenters. The highest BCUT2D eigenvalue weighted by molar-refractivity contribution is 6.30. The third-order valence-corrected chi connectivity index (χ3v) is 2.66. The summed E-state index contributed by atoms with van der Waals surface area (Å²) >= 11 is 5.73. The summed E-state index contributed by atoms with van der Waals surface area (Å²) in [6.07, 6.45) is 0.0394. The zero-order chi connectivity index (χ0) is 15.0. The van der Waals surface area contributed by atoms with Crippen LogP contribution in [-0.4, -0.2) is 24.9 Å². The molecule has 0 saturated carbocycles. The van der Waals surface area contributed by atoms with Crippen molar-refractivity contribution >= 4 is 29.4 Å². The van der Waals surface area contributed by atoms with Crippen LogP contribution in [0.3, 0.4) is 0 Å². The Kier molecular flexibility index (Phi) is 6.52. The SMILES string of the molecule is COC(=O)CCC(=O)NNC(=O)Cc1ccc(Cl)cc1. The molecular formula is C13H15ClN2O4. The summed E-state index contributed by atoms with van der Waals surface area (Å²) in [7, 11) is 1.24. The molecule has 0 bridgehead atoms. The second kappa shape index (κ2) is 8.16. The highest BCUT2D eigenvalue weighted by atomic mass is 35.5. The standard InChI is InChI=1S/C13H15ClN2O4/c1-20-13(19)7-6-11(17)15-16-12(18)8-9-2-4-10(14)5-3-9/h2-5H,6-8H2,1H3,(H,15,17)(H,16,18). The summed E-state index contributed by atoms with van der Waals surface area (Å²) in [4.78, 5) is 33.7. The average Bonchev–Trinajstić information content (AvgIpc) is 2.45. The van der Waals surface area contributed by atoms with Gasteiger partial charge in [-0.3, -0.25) is 25.2 Å². The zero-order valence-electron chi connectivity index (χ0n) is 10.9. The average molecular weight is 299 g/mol. The van der Waals surface area contributed by atoms with Gasteiger partial charge in [-0.2, -0.15) is 0 Å². The van der Waals surface area contributed by atoms with Gasteiger partial charge in [-0.25, -0.2) is 0 Å². The van der Waals surface area contributed by atoms with Gasteiger partial charge in [0.2, 0.25) is 11.8 Å². The van der Waals surface area contributed by atoms with Crippen molar-refractivity contribution in [2.75, 3.05) is 7.11 Å². The molecule has 0 aliphatic heterocycles. The Morgan fingerprint density at radius 1 is 1.05 bits per heavy atom. The molecule has 1 aromatic carbocycles. The maximum absolute atomic E-state index is 11.5. The van der Waals surface area contributed by atoms with Crippen LogP contribution in [0.4, 0.5) is 0 Å². The first kappa shape index (κ1) is 16.0. The minimum atomic E-state index is -0.479. The van der Waals surface area contributed by atoms with Crippen LogP contribution in [0.5, 0.6) is 0 Å². The number of nitrogens with one attached hydrogen (secondary N) is 2. The molecule has 0 saturated heterocycles. The Hall–Kier alpha value is -2.08. The van der Waals surface area contributed by atoms with E-state index in [0.29, 0.717) is 5.02 Å². The van der Waals surface area contributed by atoms with Crippen LogP contribution in [0.1, 0.15) is 18.4 Å². The number of methoxy groups -OCH3 is 1. The molecule has 6 nitrogen and oxygen atoms in total. The van der Waals surface area contributed by atoms with Crippen molar-refractivity contribution in [3.8, 4) is 0 Å². The van der Waals surface area contributed by atoms with E-state index in [1.54, 1.807) is 24.3 Å². The first-order valence-corrected chi connectivity index (χ1v) is 6.28. The largest absolute Gasteiger partial charge is 0.469 e. The Bertz CT molecular complexity index is 488. The second-order valence-electron chi connectivity index (χ2n) is 3.98. The van der Waals surface area contributed by atoms with Crippen molar-refractivity contribution in [3.63, 3.8) is 0 Å². The lowest BCUT2D eigenvalue weighted by molar-refractivity contribution is -0.142. The molecule has 0 spiro atoms. The van der Waals surface area contributed by atoms with Crippen LogP contribution in [0, 0.1) is 0 Å². The third-order valence-electron chi connectivity index (χ3n) is 2.40. The molecule has 7 heteroatoms. The first-order valence-electron chi connectivity index (χ1n) is 5.90. The first-order chi connectivity index (χ1) is 9.51. The van der Waals surface area contributed by atoms with Gasteiger partial charge in [0.05, 0.1) is 20.0 Å². The van der Waals surface area contributed by atoms with E-state index < -0.39 is 11.9 Å². The van der Waals surface area contributed by atoms with Gasteiger partial charge in [0, 0.05) is 11.4 Å². The minimum absolute atomic E-state index is 0.0324. The molecule has 20 heavy (non-hydrogen) atoms. The van der Waals surface area contributed by atoms with Crippen molar-refractivity contribution in [1.29, 1.82) is 0 Å². The fourth-order valence-electron chi connectivity index (χ4n) is 1.35. The summed E-state index contributed by atoms with van der Waals surface area (Å²) in [6.45, 7) is 0. The van der Waals surface area contributed by atoms with Gasteiger partial charge < -0.3 is 4.74 Å². The molecule has 0 atom stereocenters. The van der Waals surface area contributed by atoms with Crippen molar-refractivity contribution in [2.45, 2.75) is 19.3 Å². The van der Waals surface area contributed by atoms with E-state index in [0.717, 1.165) is 5.56 Å². The lowest BCUT2D eigenvalue weighted by atomic mass is 10.1. The number of halogens is 1. The van der Waals surface area contributed by atoms with Crippen LogP contribution in [0.15, 0.2) is 24.3 Å². The number of esters is 1. The van der Waals surface area contributed by atoms with E-state index in [1.807, 2.05) is 0 Å². The highest BCUT2D eigenvalue weighted by Gasteiger charge is 2.08. The molecule has 1 rings (SSSR count). The molecule has 0 aliphatic carbocycles. The van der Waals surface area contributed by atoms with Crippen molar-refractivity contribution in [3.05, 3.63) is 34.9 Å². The second-order valence-corrected chi connectivity index (χ2v) is 4.41. The summed E-state index contributed by atoms with van der Waals surface area (Å²) in [5.41, 5.74) is 5.26. The molecule has 2 amide bonds.